The van der Waals surface area contributed by atoms with Gasteiger partial charge in [-0.1, -0.05) is 11.6 Å². The zero-order valence-corrected chi connectivity index (χ0v) is 22.5. The van der Waals surface area contributed by atoms with Crippen LogP contribution in [0.4, 0.5) is 23.2 Å². The predicted molar refractivity (Wildman–Crippen MR) is 140 cm³/mol. The summed E-state index contributed by atoms with van der Waals surface area (Å²) < 4.78 is 86.1. The number of aryl methyl sites for hydroxylation is 1. The summed E-state index contributed by atoms with van der Waals surface area (Å²) >= 11 is 5.83. The van der Waals surface area contributed by atoms with E-state index in [0.29, 0.717) is 35.1 Å². The predicted octanol–water partition coefficient (Wildman–Crippen LogP) is 5.33. The van der Waals surface area contributed by atoms with E-state index in [9.17, 15) is 26.0 Å². The fourth-order valence-electron chi connectivity index (χ4n) is 4.42. The van der Waals surface area contributed by atoms with Gasteiger partial charge >= 0.3 is 6.18 Å². The van der Waals surface area contributed by atoms with Gasteiger partial charge in [0.2, 0.25) is 5.88 Å². The molecule has 0 radical (unpaired) electrons. The molecular weight excluding hydrogens is 576 g/mol. The van der Waals surface area contributed by atoms with Crippen molar-refractivity contribution >= 4 is 38.3 Å². The number of aromatic nitrogens is 4. The summed E-state index contributed by atoms with van der Waals surface area (Å²) in [6, 6.07) is 9.32. The number of nitrogens with zero attached hydrogens (tertiary/aromatic N) is 4. The molecular formula is C25H23ClF4N6O3S. The van der Waals surface area contributed by atoms with Gasteiger partial charge in [0, 0.05) is 35.1 Å². The average molecular weight is 599 g/mol. The number of fused-ring (bicyclic) bond motifs is 1. The summed E-state index contributed by atoms with van der Waals surface area (Å²) in [5, 5.41) is 7.68. The van der Waals surface area contributed by atoms with Crippen LogP contribution in [-0.4, -0.2) is 65.4 Å². The van der Waals surface area contributed by atoms with Crippen molar-refractivity contribution in [3.05, 3.63) is 59.0 Å². The molecule has 2 aromatic heterocycles. The van der Waals surface area contributed by atoms with Gasteiger partial charge in [-0.15, -0.1) is 0 Å². The van der Waals surface area contributed by atoms with Crippen LogP contribution in [0.1, 0.15) is 18.5 Å². The molecule has 2 N–H and O–H groups in total. The Morgan fingerprint density at radius 2 is 1.82 bits per heavy atom. The normalized spacial score (nSPS) is 15.4. The molecule has 0 amide bonds. The van der Waals surface area contributed by atoms with Gasteiger partial charge in [-0.25, -0.2) is 17.8 Å². The SMILES string of the molecule is Cc1[nH]nc2nc(-c3ccc(NS(=O)(=O)c4cc(Cl)ccc4F)cc3)nc(OC3CCN(CC(F)(F)F)CC3)c12. The molecule has 1 aliphatic rings. The first kappa shape index (κ1) is 28.1. The Hall–Kier alpha value is -3.49. The molecule has 0 bridgehead atoms. The standard InChI is InChI=1S/C25H23ClF4N6O3S/c1-14-21-23(34-33-14)31-22(32-24(21)39-18-8-10-36(11-9-18)13-25(28,29)30)15-2-5-17(6-3-15)35-40(37,38)20-12-16(26)4-7-19(20)27/h2-7,12,18,35H,8-11,13H2,1H3,(H,31,32,33,34). The average Bonchev–Trinajstić information content (AvgIpc) is 3.27. The fourth-order valence-corrected chi connectivity index (χ4v) is 5.82. The lowest BCUT2D eigenvalue weighted by Crippen LogP contribution is -2.42. The Bertz CT molecular complexity index is 1640. The van der Waals surface area contributed by atoms with E-state index in [4.69, 9.17) is 16.3 Å². The lowest BCUT2D eigenvalue weighted by Gasteiger charge is -2.32. The number of hydrogen-bond acceptors (Lipinski definition) is 7. The highest BCUT2D eigenvalue weighted by Gasteiger charge is 2.33. The van der Waals surface area contributed by atoms with Crippen molar-refractivity contribution in [2.24, 2.45) is 0 Å². The van der Waals surface area contributed by atoms with Gasteiger partial charge in [-0.05, 0) is 62.2 Å². The number of rotatable bonds is 7. The Labute approximate surface area is 231 Å². The summed E-state index contributed by atoms with van der Waals surface area (Å²) in [5.74, 6) is -0.441. The third-order valence-electron chi connectivity index (χ3n) is 6.36. The number of nitrogens with one attached hydrogen (secondary N) is 2. The van der Waals surface area contributed by atoms with E-state index in [0.717, 1.165) is 12.1 Å². The van der Waals surface area contributed by atoms with Crippen LogP contribution < -0.4 is 9.46 Å². The van der Waals surface area contributed by atoms with E-state index in [1.807, 2.05) is 0 Å². The van der Waals surface area contributed by atoms with Crippen LogP contribution in [0.25, 0.3) is 22.4 Å². The number of alkyl halides is 3. The molecule has 0 unspecified atom stereocenters. The highest BCUT2D eigenvalue weighted by Crippen LogP contribution is 2.31. The summed E-state index contributed by atoms with van der Waals surface area (Å²) in [4.78, 5) is 9.80. The van der Waals surface area contributed by atoms with E-state index < -0.39 is 33.5 Å². The van der Waals surface area contributed by atoms with Gasteiger partial charge in [0.05, 0.1) is 6.54 Å². The van der Waals surface area contributed by atoms with Crippen molar-refractivity contribution in [2.45, 2.75) is 36.9 Å². The van der Waals surface area contributed by atoms with Crippen LogP contribution in [0.5, 0.6) is 5.88 Å². The van der Waals surface area contributed by atoms with Gasteiger partial charge in [-0.3, -0.25) is 14.7 Å². The largest absolute Gasteiger partial charge is 0.474 e. The molecule has 2 aromatic carbocycles. The number of ether oxygens (including phenoxy) is 1. The first-order valence-electron chi connectivity index (χ1n) is 12.1. The maximum Gasteiger partial charge on any atom is 0.401 e. The number of H-pyrrole nitrogens is 1. The summed E-state index contributed by atoms with van der Waals surface area (Å²) in [5.41, 5.74) is 1.70. The highest BCUT2D eigenvalue weighted by molar-refractivity contribution is 7.92. The van der Waals surface area contributed by atoms with Crippen molar-refractivity contribution in [1.29, 1.82) is 0 Å². The Morgan fingerprint density at radius 1 is 1.12 bits per heavy atom. The van der Waals surface area contributed by atoms with E-state index in [-0.39, 0.29) is 41.6 Å². The zero-order valence-electron chi connectivity index (χ0n) is 21.0. The molecule has 1 saturated heterocycles. The monoisotopic (exact) mass is 598 g/mol. The molecule has 5 rings (SSSR count). The van der Waals surface area contributed by atoms with E-state index in [2.05, 4.69) is 24.9 Å². The number of hydrogen-bond donors (Lipinski definition) is 2. The van der Waals surface area contributed by atoms with Crippen LogP contribution in [0.15, 0.2) is 47.4 Å². The Balaban J connectivity index is 1.35. The summed E-state index contributed by atoms with van der Waals surface area (Å²) in [7, 11) is -4.25. The van der Waals surface area contributed by atoms with Crippen molar-refractivity contribution in [1.82, 2.24) is 25.1 Å². The molecule has 40 heavy (non-hydrogen) atoms. The van der Waals surface area contributed by atoms with Crippen LogP contribution in [0, 0.1) is 12.7 Å². The smallest absolute Gasteiger partial charge is 0.401 e. The molecule has 1 aliphatic heterocycles. The van der Waals surface area contributed by atoms with Crippen LogP contribution >= 0.6 is 11.6 Å². The van der Waals surface area contributed by atoms with Crippen molar-refractivity contribution in [2.75, 3.05) is 24.4 Å². The van der Waals surface area contributed by atoms with Crippen molar-refractivity contribution in [3.63, 3.8) is 0 Å². The third kappa shape index (κ3) is 6.29. The maximum atomic E-state index is 14.1. The Kier molecular flexibility index (Phi) is 7.59. The van der Waals surface area contributed by atoms with Gasteiger partial charge in [0.25, 0.3) is 10.0 Å². The zero-order chi connectivity index (χ0) is 28.7. The second-order valence-corrected chi connectivity index (χ2v) is 11.5. The van der Waals surface area contributed by atoms with E-state index in [1.54, 1.807) is 19.1 Å². The molecule has 4 aromatic rings. The van der Waals surface area contributed by atoms with E-state index in [1.165, 1.54) is 23.1 Å². The number of anilines is 1. The summed E-state index contributed by atoms with van der Waals surface area (Å²) in [6.07, 6.45) is -3.80. The first-order chi connectivity index (χ1) is 18.9. The number of sulfonamides is 1. The highest BCUT2D eigenvalue weighted by atomic mass is 35.5. The maximum absolute atomic E-state index is 14.1. The van der Waals surface area contributed by atoms with Gasteiger partial charge < -0.3 is 4.74 Å². The van der Waals surface area contributed by atoms with Gasteiger partial charge in [0.1, 0.15) is 22.2 Å². The van der Waals surface area contributed by atoms with Crippen molar-refractivity contribution < 1.29 is 30.7 Å². The second-order valence-electron chi connectivity index (χ2n) is 9.37. The number of likely N-dealkylation sites (tertiary alicyclic amines) is 1. The number of piperidine rings is 1. The molecule has 0 atom stereocenters. The minimum atomic E-state index is -4.25. The van der Waals surface area contributed by atoms with E-state index >= 15 is 0 Å². The summed E-state index contributed by atoms with van der Waals surface area (Å²) in [6.45, 7) is 1.31. The fraction of sp³-hybridized carbons (Fsp3) is 0.320. The van der Waals surface area contributed by atoms with Crippen LogP contribution in [0.2, 0.25) is 5.02 Å². The molecule has 0 saturated carbocycles. The first-order valence-corrected chi connectivity index (χ1v) is 14.0. The molecule has 0 spiro atoms. The van der Waals surface area contributed by atoms with Gasteiger partial charge in [-0.2, -0.15) is 23.3 Å². The quantitative estimate of drug-likeness (QED) is 0.277. The van der Waals surface area contributed by atoms with Gasteiger partial charge in [0.15, 0.2) is 11.5 Å². The molecule has 15 heteroatoms. The van der Waals surface area contributed by atoms with Crippen molar-refractivity contribution in [3.8, 4) is 17.3 Å². The minimum absolute atomic E-state index is 0.0724. The lowest BCUT2D eigenvalue weighted by molar-refractivity contribution is -0.149. The lowest BCUT2D eigenvalue weighted by atomic mass is 10.1. The minimum Gasteiger partial charge on any atom is -0.474 e. The second kappa shape index (κ2) is 10.8. The number of aromatic amines is 1. The third-order valence-corrected chi connectivity index (χ3v) is 7.99. The molecule has 3 heterocycles. The molecule has 9 nitrogen and oxygen atoms in total. The molecule has 212 valence electrons. The van der Waals surface area contributed by atoms with Crippen LogP contribution in [0.3, 0.4) is 0 Å². The number of benzene rings is 2. The van der Waals surface area contributed by atoms with Crippen LogP contribution in [-0.2, 0) is 10.0 Å². The topological polar surface area (TPSA) is 113 Å². The molecule has 0 aliphatic carbocycles. The number of halogens is 5. The molecule has 1 fully saturated rings. The Morgan fingerprint density at radius 3 is 2.50 bits per heavy atom.